The Balaban J connectivity index is 2.05. The maximum absolute atomic E-state index is 9.32. The Morgan fingerprint density at radius 3 is 2.44 bits per heavy atom. The maximum atomic E-state index is 9.32. The van der Waals surface area contributed by atoms with Gasteiger partial charge in [-0.15, -0.1) is 0 Å². The predicted molar refractivity (Wildman–Crippen MR) is 37.3 cm³/mol. The topological polar surface area (TPSA) is 32.3 Å². The highest BCUT2D eigenvalue weighted by atomic mass is 16.3. The average molecular weight is 129 g/mol. The van der Waals surface area contributed by atoms with E-state index >= 15 is 0 Å². The van der Waals surface area contributed by atoms with Crippen molar-refractivity contribution in [2.75, 3.05) is 6.54 Å². The second-order valence-corrected chi connectivity index (χ2v) is 3.26. The van der Waals surface area contributed by atoms with Gasteiger partial charge in [-0.05, 0) is 12.8 Å². The molecule has 1 saturated carbocycles. The third-order valence-corrected chi connectivity index (χ3v) is 1.67. The zero-order chi connectivity index (χ0) is 6.91. The SMILES string of the molecule is CC(C)NCC1(O)CC1. The lowest BCUT2D eigenvalue weighted by Crippen LogP contribution is -2.32. The summed E-state index contributed by atoms with van der Waals surface area (Å²) >= 11 is 0. The number of rotatable bonds is 3. The maximum Gasteiger partial charge on any atom is 0.0773 e. The summed E-state index contributed by atoms with van der Waals surface area (Å²) in [5, 5.41) is 12.5. The summed E-state index contributed by atoms with van der Waals surface area (Å²) in [6.07, 6.45) is 1.96. The van der Waals surface area contributed by atoms with Crippen LogP contribution in [-0.4, -0.2) is 23.3 Å². The number of aliphatic hydroxyl groups is 1. The normalized spacial score (nSPS) is 22.7. The van der Waals surface area contributed by atoms with E-state index in [-0.39, 0.29) is 5.60 Å². The molecule has 0 atom stereocenters. The van der Waals surface area contributed by atoms with Crippen molar-refractivity contribution >= 4 is 0 Å². The molecule has 0 aromatic rings. The smallest absolute Gasteiger partial charge is 0.0773 e. The van der Waals surface area contributed by atoms with Crippen molar-refractivity contribution in [2.45, 2.75) is 38.3 Å². The summed E-state index contributed by atoms with van der Waals surface area (Å²) in [6, 6.07) is 0.495. The van der Waals surface area contributed by atoms with Gasteiger partial charge in [-0.3, -0.25) is 0 Å². The minimum Gasteiger partial charge on any atom is -0.389 e. The lowest BCUT2D eigenvalue weighted by Gasteiger charge is -2.11. The van der Waals surface area contributed by atoms with Gasteiger partial charge in [0.1, 0.15) is 0 Å². The van der Waals surface area contributed by atoms with E-state index in [9.17, 15) is 5.11 Å². The number of hydrogen-bond donors (Lipinski definition) is 2. The molecule has 1 aliphatic rings. The molecule has 0 heterocycles. The van der Waals surface area contributed by atoms with Crippen LogP contribution in [0.1, 0.15) is 26.7 Å². The second kappa shape index (κ2) is 2.27. The number of hydrogen-bond acceptors (Lipinski definition) is 2. The van der Waals surface area contributed by atoms with Crippen LogP contribution < -0.4 is 5.32 Å². The van der Waals surface area contributed by atoms with Crippen molar-refractivity contribution in [3.8, 4) is 0 Å². The first-order valence-corrected chi connectivity index (χ1v) is 3.58. The van der Waals surface area contributed by atoms with Crippen LogP contribution in [0, 0.1) is 0 Å². The molecule has 0 aromatic carbocycles. The molecule has 1 aliphatic carbocycles. The quantitative estimate of drug-likeness (QED) is 0.582. The summed E-state index contributed by atoms with van der Waals surface area (Å²) in [5.41, 5.74) is -0.329. The third-order valence-electron chi connectivity index (χ3n) is 1.67. The van der Waals surface area contributed by atoms with Crippen LogP contribution in [0.25, 0.3) is 0 Å². The molecule has 0 aliphatic heterocycles. The van der Waals surface area contributed by atoms with Crippen molar-refractivity contribution in [1.82, 2.24) is 5.32 Å². The molecule has 0 radical (unpaired) electrons. The molecule has 1 rings (SSSR count). The first-order chi connectivity index (χ1) is 4.12. The minimum atomic E-state index is -0.329. The van der Waals surface area contributed by atoms with Gasteiger partial charge in [0.25, 0.3) is 0 Å². The monoisotopic (exact) mass is 129 g/mol. The molecule has 2 nitrogen and oxygen atoms in total. The van der Waals surface area contributed by atoms with Crippen LogP contribution in [0.5, 0.6) is 0 Å². The summed E-state index contributed by atoms with van der Waals surface area (Å²) in [5.74, 6) is 0. The fourth-order valence-electron chi connectivity index (χ4n) is 0.715. The van der Waals surface area contributed by atoms with E-state index in [2.05, 4.69) is 19.2 Å². The highest BCUT2D eigenvalue weighted by Gasteiger charge is 2.39. The highest BCUT2D eigenvalue weighted by Crippen LogP contribution is 2.33. The van der Waals surface area contributed by atoms with Crippen LogP contribution in [0.2, 0.25) is 0 Å². The average Bonchev–Trinajstić information content (AvgIpc) is 2.45. The van der Waals surface area contributed by atoms with E-state index in [1.165, 1.54) is 0 Å². The zero-order valence-corrected chi connectivity index (χ0v) is 6.15. The molecular formula is C7H15NO. The molecule has 0 spiro atoms. The van der Waals surface area contributed by atoms with Gasteiger partial charge in [-0.1, -0.05) is 13.8 Å². The van der Waals surface area contributed by atoms with Gasteiger partial charge < -0.3 is 10.4 Å². The van der Waals surface area contributed by atoms with E-state index in [4.69, 9.17) is 0 Å². The Bertz CT molecular complexity index is 97.1. The Labute approximate surface area is 56.3 Å². The third kappa shape index (κ3) is 2.33. The number of nitrogens with one attached hydrogen (secondary N) is 1. The fourth-order valence-corrected chi connectivity index (χ4v) is 0.715. The first kappa shape index (κ1) is 7.03. The first-order valence-electron chi connectivity index (χ1n) is 3.58. The Morgan fingerprint density at radius 1 is 1.56 bits per heavy atom. The Hall–Kier alpha value is -0.0800. The van der Waals surface area contributed by atoms with Crippen molar-refractivity contribution in [3.63, 3.8) is 0 Å². The van der Waals surface area contributed by atoms with Crippen molar-refractivity contribution in [3.05, 3.63) is 0 Å². The van der Waals surface area contributed by atoms with Crippen LogP contribution >= 0.6 is 0 Å². The molecule has 0 saturated heterocycles. The van der Waals surface area contributed by atoms with E-state index in [1.54, 1.807) is 0 Å². The van der Waals surface area contributed by atoms with Crippen LogP contribution in [0.15, 0.2) is 0 Å². The van der Waals surface area contributed by atoms with Gasteiger partial charge in [0.2, 0.25) is 0 Å². The molecule has 0 amide bonds. The molecule has 0 aromatic heterocycles. The van der Waals surface area contributed by atoms with E-state index < -0.39 is 0 Å². The lowest BCUT2D eigenvalue weighted by atomic mass is 10.3. The van der Waals surface area contributed by atoms with Crippen LogP contribution in [-0.2, 0) is 0 Å². The van der Waals surface area contributed by atoms with Gasteiger partial charge in [-0.25, -0.2) is 0 Å². The molecule has 0 unspecified atom stereocenters. The molecule has 0 bridgehead atoms. The standard InChI is InChI=1S/C7H15NO/c1-6(2)8-5-7(9)3-4-7/h6,8-9H,3-5H2,1-2H3. The van der Waals surface area contributed by atoms with Gasteiger partial charge >= 0.3 is 0 Å². The molecule has 9 heavy (non-hydrogen) atoms. The second-order valence-electron chi connectivity index (χ2n) is 3.26. The molecule has 2 N–H and O–H groups in total. The summed E-state index contributed by atoms with van der Waals surface area (Å²) < 4.78 is 0. The molecule has 2 heteroatoms. The zero-order valence-electron chi connectivity index (χ0n) is 6.15. The summed E-state index contributed by atoms with van der Waals surface area (Å²) in [4.78, 5) is 0. The summed E-state index contributed by atoms with van der Waals surface area (Å²) in [7, 11) is 0. The summed E-state index contributed by atoms with van der Waals surface area (Å²) in [6.45, 7) is 4.95. The molecule has 54 valence electrons. The van der Waals surface area contributed by atoms with Gasteiger partial charge in [0, 0.05) is 12.6 Å². The predicted octanol–water partition coefficient (Wildman–Crippen LogP) is 0.509. The Kier molecular flexibility index (Phi) is 1.78. The molecular weight excluding hydrogens is 114 g/mol. The molecule has 1 fully saturated rings. The van der Waals surface area contributed by atoms with Crippen molar-refractivity contribution in [2.24, 2.45) is 0 Å². The largest absolute Gasteiger partial charge is 0.389 e. The Morgan fingerprint density at radius 2 is 2.11 bits per heavy atom. The minimum absolute atomic E-state index is 0.329. The van der Waals surface area contributed by atoms with E-state index in [1.807, 2.05) is 0 Å². The van der Waals surface area contributed by atoms with Crippen LogP contribution in [0.4, 0.5) is 0 Å². The van der Waals surface area contributed by atoms with Gasteiger partial charge in [-0.2, -0.15) is 0 Å². The van der Waals surface area contributed by atoms with Crippen molar-refractivity contribution in [1.29, 1.82) is 0 Å². The van der Waals surface area contributed by atoms with E-state index in [0.717, 1.165) is 19.4 Å². The lowest BCUT2D eigenvalue weighted by molar-refractivity contribution is 0.145. The van der Waals surface area contributed by atoms with Gasteiger partial charge in [0.15, 0.2) is 0 Å². The van der Waals surface area contributed by atoms with Gasteiger partial charge in [0.05, 0.1) is 5.60 Å². The van der Waals surface area contributed by atoms with Crippen molar-refractivity contribution < 1.29 is 5.11 Å². The van der Waals surface area contributed by atoms with Crippen LogP contribution in [0.3, 0.4) is 0 Å². The highest BCUT2D eigenvalue weighted by molar-refractivity contribution is 4.95. The van der Waals surface area contributed by atoms with E-state index in [0.29, 0.717) is 6.04 Å². The fraction of sp³-hybridized carbons (Fsp3) is 1.00.